The SMILES string of the molecule is C=Cc1ccc(CC(=O)Nc2ccc(S(=O)(=O)c3ccc(NC(=O)Cc4ccc(C=C)cc4)cc3)cc2)cc1. The fourth-order valence-corrected chi connectivity index (χ4v) is 5.16. The quantitative estimate of drug-likeness (QED) is 0.254. The number of rotatable bonds is 10. The smallest absolute Gasteiger partial charge is 0.228 e. The van der Waals surface area contributed by atoms with E-state index in [2.05, 4.69) is 23.8 Å². The Balaban J connectivity index is 1.35. The first-order valence-electron chi connectivity index (χ1n) is 12.2. The Morgan fingerprint density at radius 3 is 1.21 bits per heavy atom. The van der Waals surface area contributed by atoms with Crippen LogP contribution in [0, 0.1) is 0 Å². The van der Waals surface area contributed by atoms with E-state index >= 15 is 0 Å². The van der Waals surface area contributed by atoms with Crippen LogP contribution in [0.2, 0.25) is 0 Å². The minimum absolute atomic E-state index is 0.0975. The van der Waals surface area contributed by atoms with Gasteiger partial charge in [0.25, 0.3) is 0 Å². The second-order valence-electron chi connectivity index (χ2n) is 8.89. The monoisotopic (exact) mass is 536 g/mol. The zero-order chi connectivity index (χ0) is 27.8. The molecule has 0 radical (unpaired) electrons. The molecule has 2 amide bonds. The molecule has 0 aliphatic rings. The highest BCUT2D eigenvalue weighted by Crippen LogP contribution is 2.24. The van der Waals surface area contributed by atoms with Crippen LogP contribution in [0.1, 0.15) is 22.3 Å². The number of hydrogen-bond donors (Lipinski definition) is 2. The Bertz CT molecular complexity index is 1470. The molecule has 0 spiro atoms. The molecule has 0 aliphatic heterocycles. The summed E-state index contributed by atoms with van der Waals surface area (Å²) in [6, 6.07) is 27.1. The second kappa shape index (κ2) is 12.2. The molecule has 0 saturated heterocycles. The molecular weight excluding hydrogens is 508 g/mol. The van der Waals surface area contributed by atoms with E-state index in [1.54, 1.807) is 36.4 Å². The van der Waals surface area contributed by atoms with Crippen molar-refractivity contribution in [1.29, 1.82) is 0 Å². The molecule has 0 bridgehead atoms. The van der Waals surface area contributed by atoms with E-state index in [0.29, 0.717) is 11.4 Å². The number of carbonyl (C=O) groups excluding carboxylic acids is 2. The third kappa shape index (κ3) is 7.18. The molecule has 0 saturated carbocycles. The van der Waals surface area contributed by atoms with Gasteiger partial charge in [-0.3, -0.25) is 9.59 Å². The van der Waals surface area contributed by atoms with Crippen molar-refractivity contribution in [2.45, 2.75) is 22.6 Å². The van der Waals surface area contributed by atoms with Gasteiger partial charge in [0, 0.05) is 11.4 Å². The van der Waals surface area contributed by atoms with Crippen molar-refractivity contribution >= 4 is 45.2 Å². The van der Waals surface area contributed by atoms with Gasteiger partial charge in [-0.25, -0.2) is 8.42 Å². The lowest BCUT2D eigenvalue weighted by Gasteiger charge is -2.09. The van der Waals surface area contributed by atoms with Crippen LogP contribution < -0.4 is 10.6 Å². The van der Waals surface area contributed by atoms with Crippen LogP contribution in [0.25, 0.3) is 12.2 Å². The number of amides is 2. The Morgan fingerprint density at radius 1 is 0.564 bits per heavy atom. The number of anilines is 2. The van der Waals surface area contributed by atoms with E-state index in [4.69, 9.17) is 0 Å². The van der Waals surface area contributed by atoms with Gasteiger partial charge in [0.05, 0.1) is 22.6 Å². The molecule has 0 heterocycles. The van der Waals surface area contributed by atoms with Gasteiger partial charge in [-0.05, 0) is 70.8 Å². The maximum Gasteiger partial charge on any atom is 0.228 e. The average molecular weight is 537 g/mol. The summed E-state index contributed by atoms with van der Waals surface area (Å²) in [6.45, 7) is 7.43. The van der Waals surface area contributed by atoms with E-state index in [0.717, 1.165) is 22.3 Å². The van der Waals surface area contributed by atoms with Crippen LogP contribution in [-0.4, -0.2) is 20.2 Å². The Kier molecular flexibility index (Phi) is 8.53. The summed E-state index contributed by atoms with van der Waals surface area (Å²) in [7, 11) is -3.78. The summed E-state index contributed by atoms with van der Waals surface area (Å²) < 4.78 is 26.2. The van der Waals surface area contributed by atoms with Crippen LogP contribution in [0.4, 0.5) is 11.4 Å². The molecule has 4 aromatic carbocycles. The molecule has 196 valence electrons. The largest absolute Gasteiger partial charge is 0.326 e. The highest BCUT2D eigenvalue weighted by atomic mass is 32.2. The van der Waals surface area contributed by atoms with E-state index in [1.807, 2.05) is 48.5 Å². The van der Waals surface area contributed by atoms with E-state index < -0.39 is 9.84 Å². The van der Waals surface area contributed by atoms with Crippen LogP contribution in [0.15, 0.2) is 120 Å². The summed E-state index contributed by atoms with van der Waals surface area (Å²) in [4.78, 5) is 25.0. The number of carbonyl (C=O) groups is 2. The van der Waals surface area contributed by atoms with E-state index in [-0.39, 0.29) is 34.4 Å². The minimum atomic E-state index is -3.78. The molecule has 6 nitrogen and oxygen atoms in total. The third-order valence-corrected chi connectivity index (χ3v) is 7.84. The van der Waals surface area contributed by atoms with Gasteiger partial charge in [-0.15, -0.1) is 0 Å². The second-order valence-corrected chi connectivity index (χ2v) is 10.8. The van der Waals surface area contributed by atoms with Crippen LogP contribution in [0.3, 0.4) is 0 Å². The van der Waals surface area contributed by atoms with Crippen LogP contribution >= 0.6 is 0 Å². The zero-order valence-electron chi connectivity index (χ0n) is 21.3. The van der Waals surface area contributed by atoms with Gasteiger partial charge in [-0.1, -0.05) is 73.8 Å². The van der Waals surface area contributed by atoms with Crippen molar-refractivity contribution in [2.75, 3.05) is 10.6 Å². The van der Waals surface area contributed by atoms with Gasteiger partial charge < -0.3 is 10.6 Å². The van der Waals surface area contributed by atoms with Crippen molar-refractivity contribution in [3.63, 3.8) is 0 Å². The van der Waals surface area contributed by atoms with Gasteiger partial charge in [0.2, 0.25) is 21.7 Å². The van der Waals surface area contributed by atoms with Gasteiger partial charge >= 0.3 is 0 Å². The Hall–Kier alpha value is -4.75. The molecule has 7 heteroatoms. The molecule has 2 N–H and O–H groups in total. The maximum atomic E-state index is 13.1. The summed E-state index contributed by atoms with van der Waals surface area (Å²) in [5.41, 5.74) is 4.67. The standard InChI is InChI=1S/C32H28N2O4S/c1-3-23-5-9-25(10-6-23)21-31(35)33-27-13-17-29(18-14-27)39(37,38)30-19-15-28(16-20-30)34-32(36)22-26-11-7-24(4-2)8-12-26/h3-20H,1-2,21-22H2,(H,33,35)(H,34,36). The van der Waals surface area contributed by atoms with Gasteiger partial charge in [-0.2, -0.15) is 0 Å². The summed E-state index contributed by atoms with van der Waals surface area (Å²) in [5, 5.41) is 5.58. The topological polar surface area (TPSA) is 92.3 Å². The normalized spacial score (nSPS) is 10.9. The molecule has 4 rings (SSSR count). The highest BCUT2D eigenvalue weighted by Gasteiger charge is 2.18. The van der Waals surface area contributed by atoms with Gasteiger partial charge in [0.1, 0.15) is 0 Å². The first-order chi connectivity index (χ1) is 18.8. The lowest BCUT2D eigenvalue weighted by molar-refractivity contribution is -0.116. The Labute approximate surface area is 228 Å². The van der Waals surface area contributed by atoms with Crippen molar-refractivity contribution in [1.82, 2.24) is 0 Å². The summed E-state index contributed by atoms with van der Waals surface area (Å²) >= 11 is 0. The van der Waals surface area contributed by atoms with Crippen molar-refractivity contribution in [3.8, 4) is 0 Å². The molecular formula is C32H28N2O4S. The number of hydrogen-bond acceptors (Lipinski definition) is 4. The lowest BCUT2D eigenvalue weighted by atomic mass is 10.1. The third-order valence-electron chi connectivity index (χ3n) is 6.06. The predicted molar refractivity (Wildman–Crippen MR) is 156 cm³/mol. The lowest BCUT2D eigenvalue weighted by Crippen LogP contribution is -2.14. The fourth-order valence-electron chi connectivity index (χ4n) is 3.90. The van der Waals surface area contributed by atoms with E-state index in [1.165, 1.54) is 24.3 Å². The summed E-state index contributed by atoms with van der Waals surface area (Å²) in [5.74, 6) is -0.410. The van der Waals surface area contributed by atoms with Crippen LogP contribution in [0.5, 0.6) is 0 Å². The maximum absolute atomic E-state index is 13.1. The van der Waals surface area contributed by atoms with Gasteiger partial charge in [0.15, 0.2) is 0 Å². The number of nitrogens with one attached hydrogen (secondary N) is 2. The van der Waals surface area contributed by atoms with Crippen molar-refractivity contribution in [3.05, 3.63) is 132 Å². The fraction of sp³-hybridized carbons (Fsp3) is 0.0625. The molecule has 0 aromatic heterocycles. The molecule has 4 aromatic rings. The number of benzene rings is 4. The molecule has 0 fully saturated rings. The first-order valence-corrected chi connectivity index (χ1v) is 13.7. The number of sulfone groups is 1. The van der Waals surface area contributed by atoms with Crippen molar-refractivity contribution in [2.24, 2.45) is 0 Å². The average Bonchev–Trinajstić information content (AvgIpc) is 2.94. The van der Waals surface area contributed by atoms with Crippen LogP contribution in [-0.2, 0) is 32.3 Å². The molecule has 0 unspecified atom stereocenters. The van der Waals surface area contributed by atoms with Crippen molar-refractivity contribution < 1.29 is 18.0 Å². The van der Waals surface area contributed by atoms with E-state index in [9.17, 15) is 18.0 Å². The molecule has 0 aliphatic carbocycles. The first kappa shape index (κ1) is 27.3. The Morgan fingerprint density at radius 2 is 0.897 bits per heavy atom. The molecule has 39 heavy (non-hydrogen) atoms. The minimum Gasteiger partial charge on any atom is -0.326 e. The summed E-state index contributed by atoms with van der Waals surface area (Å²) in [6.07, 6.45) is 3.86. The molecule has 0 atom stereocenters. The zero-order valence-corrected chi connectivity index (χ0v) is 22.1. The predicted octanol–water partition coefficient (Wildman–Crippen LogP) is 6.17. The highest BCUT2D eigenvalue weighted by molar-refractivity contribution is 7.91.